The molecule has 21 heavy (non-hydrogen) atoms. The van der Waals surface area contributed by atoms with Crippen LogP contribution in [0.25, 0.3) is 0 Å². The zero-order valence-electron chi connectivity index (χ0n) is 12.8. The fourth-order valence-corrected chi connectivity index (χ4v) is 3.58. The molecular weight excluding hydrogens is 262 g/mol. The molecule has 0 radical (unpaired) electrons. The second kappa shape index (κ2) is 5.70. The number of hydrogen-bond acceptors (Lipinski definition) is 3. The molecule has 2 aliphatic rings. The van der Waals surface area contributed by atoms with Gasteiger partial charge in [0, 0.05) is 5.69 Å². The molecule has 2 saturated carbocycles. The predicted octanol–water partition coefficient (Wildman–Crippen LogP) is 3.81. The van der Waals surface area contributed by atoms with Gasteiger partial charge >= 0.3 is 5.97 Å². The zero-order chi connectivity index (χ0) is 14.9. The Kier molecular flexibility index (Phi) is 3.92. The first-order valence-corrected chi connectivity index (χ1v) is 8.23. The summed E-state index contributed by atoms with van der Waals surface area (Å²) < 4.78 is 5.94. The fourth-order valence-electron chi connectivity index (χ4n) is 3.58. The number of anilines is 1. The summed E-state index contributed by atoms with van der Waals surface area (Å²) in [4.78, 5) is 12.7. The van der Waals surface area contributed by atoms with Gasteiger partial charge in [-0.2, -0.15) is 0 Å². The molecule has 0 aliphatic heterocycles. The van der Waals surface area contributed by atoms with Crippen molar-refractivity contribution in [3.05, 3.63) is 29.8 Å². The van der Waals surface area contributed by atoms with Crippen LogP contribution in [0.3, 0.4) is 0 Å². The molecule has 0 bridgehead atoms. The van der Waals surface area contributed by atoms with Crippen molar-refractivity contribution in [3.63, 3.8) is 0 Å². The SMILES string of the molecule is CCC1CCCCC1OC(=O)C1(c2ccc(N)cc2)CC1. The highest BCUT2D eigenvalue weighted by Crippen LogP contribution is 2.50. The Morgan fingerprint density at radius 1 is 1.24 bits per heavy atom. The van der Waals surface area contributed by atoms with Gasteiger partial charge in [0.25, 0.3) is 0 Å². The molecule has 3 rings (SSSR count). The van der Waals surface area contributed by atoms with Crippen LogP contribution in [-0.4, -0.2) is 12.1 Å². The van der Waals surface area contributed by atoms with Crippen LogP contribution in [0.2, 0.25) is 0 Å². The molecule has 2 unspecified atom stereocenters. The van der Waals surface area contributed by atoms with Crippen molar-refractivity contribution >= 4 is 11.7 Å². The van der Waals surface area contributed by atoms with E-state index in [0.717, 1.165) is 36.9 Å². The Hall–Kier alpha value is -1.51. The van der Waals surface area contributed by atoms with Crippen molar-refractivity contribution in [2.24, 2.45) is 5.92 Å². The van der Waals surface area contributed by atoms with Crippen LogP contribution >= 0.6 is 0 Å². The first-order valence-electron chi connectivity index (χ1n) is 8.23. The summed E-state index contributed by atoms with van der Waals surface area (Å²) in [7, 11) is 0. The standard InChI is InChI=1S/C18H25NO2/c1-2-13-5-3-4-6-16(13)21-17(20)18(11-12-18)14-7-9-15(19)10-8-14/h7-10,13,16H,2-6,11-12,19H2,1H3. The first kappa shape index (κ1) is 14.4. The van der Waals surface area contributed by atoms with Crippen LogP contribution in [0.15, 0.2) is 24.3 Å². The van der Waals surface area contributed by atoms with E-state index in [1.165, 1.54) is 19.3 Å². The minimum Gasteiger partial charge on any atom is -0.461 e. The Morgan fingerprint density at radius 3 is 2.52 bits per heavy atom. The molecule has 1 aromatic rings. The molecule has 2 atom stereocenters. The third-order valence-corrected chi connectivity index (χ3v) is 5.23. The average molecular weight is 287 g/mol. The summed E-state index contributed by atoms with van der Waals surface area (Å²) in [5.41, 5.74) is 7.15. The Balaban J connectivity index is 1.71. The highest BCUT2D eigenvalue weighted by Gasteiger charge is 2.53. The van der Waals surface area contributed by atoms with E-state index < -0.39 is 0 Å². The van der Waals surface area contributed by atoms with Crippen LogP contribution < -0.4 is 5.73 Å². The molecule has 2 fully saturated rings. The van der Waals surface area contributed by atoms with Gasteiger partial charge in [-0.1, -0.05) is 25.5 Å². The van der Waals surface area contributed by atoms with Crippen LogP contribution in [0, 0.1) is 5.92 Å². The minimum atomic E-state index is -0.385. The van der Waals surface area contributed by atoms with Gasteiger partial charge in [-0.3, -0.25) is 4.79 Å². The average Bonchev–Trinajstić information content (AvgIpc) is 3.30. The van der Waals surface area contributed by atoms with Crippen molar-refractivity contribution < 1.29 is 9.53 Å². The van der Waals surface area contributed by atoms with Gasteiger partial charge in [-0.25, -0.2) is 0 Å². The molecule has 2 N–H and O–H groups in total. The number of benzene rings is 1. The second-order valence-corrected chi connectivity index (χ2v) is 6.60. The van der Waals surface area contributed by atoms with E-state index in [1.807, 2.05) is 24.3 Å². The molecule has 0 amide bonds. The van der Waals surface area contributed by atoms with Crippen LogP contribution in [0.5, 0.6) is 0 Å². The highest BCUT2D eigenvalue weighted by molar-refractivity contribution is 5.87. The van der Waals surface area contributed by atoms with Crippen molar-refractivity contribution in [3.8, 4) is 0 Å². The fraction of sp³-hybridized carbons (Fsp3) is 0.611. The van der Waals surface area contributed by atoms with E-state index in [4.69, 9.17) is 10.5 Å². The summed E-state index contributed by atoms with van der Waals surface area (Å²) in [6.45, 7) is 2.20. The lowest BCUT2D eigenvalue weighted by Crippen LogP contribution is -2.34. The number of nitrogen functional groups attached to an aromatic ring is 1. The zero-order valence-corrected chi connectivity index (χ0v) is 12.8. The molecule has 0 spiro atoms. The number of rotatable bonds is 4. The summed E-state index contributed by atoms with van der Waals surface area (Å²) >= 11 is 0. The Morgan fingerprint density at radius 2 is 1.90 bits per heavy atom. The number of hydrogen-bond donors (Lipinski definition) is 1. The maximum Gasteiger partial charge on any atom is 0.316 e. The number of nitrogens with two attached hydrogens (primary N) is 1. The molecule has 1 aromatic carbocycles. The first-order chi connectivity index (χ1) is 10.2. The number of esters is 1. The lowest BCUT2D eigenvalue weighted by molar-refractivity contribution is -0.157. The van der Waals surface area contributed by atoms with E-state index in [9.17, 15) is 4.79 Å². The number of ether oxygens (including phenoxy) is 1. The van der Waals surface area contributed by atoms with Gasteiger partial charge in [-0.05, 0) is 62.1 Å². The lowest BCUT2D eigenvalue weighted by atomic mass is 9.84. The van der Waals surface area contributed by atoms with Gasteiger partial charge < -0.3 is 10.5 Å². The van der Waals surface area contributed by atoms with E-state index in [2.05, 4.69) is 6.92 Å². The van der Waals surface area contributed by atoms with Crippen LogP contribution in [-0.2, 0) is 14.9 Å². The minimum absolute atomic E-state index is 0.0161. The molecule has 0 aromatic heterocycles. The summed E-state index contributed by atoms with van der Waals surface area (Å²) in [6, 6.07) is 7.69. The van der Waals surface area contributed by atoms with E-state index >= 15 is 0 Å². The normalized spacial score (nSPS) is 27.1. The third-order valence-electron chi connectivity index (χ3n) is 5.23. The summed E-state index contributed by atoms with van der Waals surface area (Å²) in [6.07, 6.45) is 7.72. The van der Waals surface area contributed by atoms with Gasteiger partial charge in [-0.15, -0.1) is 0 Å². The molecule has 0 heterocycles. The van der Waals surface area contributed by atoms with Crippen molar-refractivity contribution in [2.75, 3.05) is 5.73 Å². The third kappa shape index (κ3) is 2.78. The largest absolute Gasteiger partial charge is 0.461 e. The van der Waals surface area contributed by atoms with E-state index in [-0.39, 0.29) is 17.5 Å². The van der Waals surface area contributed by atoms with E-state index in [1.54, 1.807) is 0 Å². The van der Waals surface area contributed by atoms with Crippen molar-refractivity contribution in [2.45, 2.75) is 63.4 Å². The monoisotopic (exact) mass is 287 g/mol. The molecule has 3 nitrogen and oxygen atoms in total. The quantitative estimate of drug-likeness (QED) is 0.676. The molecule has 3 heteroatoms. The van der Waals surface area contributed by atoms with Crippen molar-refractivity contribution in [1.82, 2.24) is 0 Å². The molecule has 0 saturated heterocycles. The topological polar surface area (TPSA) is 52.3 Å². The lowest BCUT2D eigenvalue weighted by Gasteiger charge is -2.31. The Labute approximate surface area is 126 Å². The maximum atomic E-state index is 12.7. The smallest absolute Gasteiger partial charge is 0.316 e. The number of carbonyl (C=O) groups excluding carboxylic acids is 1. The second-order valence-electron chi connectivity index (χ2n) is 6.60. The molecular formula is C18H25NO2. The summed E-state index contributed by atoms with van der Waals surface area (Å²) in [5.74, 6) is 0.530. The maximum absolute atomic E-state index is 12.7. The van der Waals surface area contributed by atoms with Gasteiger partial charge in [0.1, 0.15) is 6.10 Å². The highest BCUT2D eigenvalue weighted by atomic mass is 16.5. The van der Waals surface area contributed by atoms with Crippen LogP contribution in [0.1, 0.15) is 57.4 Å². The molecule has 114 valence electrons. The predicted molar refractivity (Wildman–Crippen MR) is 83.9 cm³/mol. The number of carbonyl (C=O) groups is 1. The van der Waals surface area contributed by atoms with Gasteiger partial charge in [0.15, 0.2) is 0 Å². The van der Waals surface area contributed by atoms with E-state index in [0.29, 0.717) is 5.92 Å². The van der Waals surface area contributed by atoms with Gasteiger partial charge in [0.05, 0.1) is 5.41 Å². The van der Waals surface area contributed by atoms with Gasteiger partial charge in [0.2, 0.25) is 0 Å². The Bertz CT molecular complexity index is 504. The summed E-state index contributed by atoms with van der Waals surface area (Å²) in [5, 5.41) is 0. The van der Waals surface area contributed by atoms with Crippen LogP contribution in [0.4, 0.5) is 5.69 Å². The molecule has 2 aliphatic carbocycles. The van der Waals surface area contributed by atoms with Crippen molar-refractivity contribution in [1.29, 1.82) is 0 Å².